The molecular formula is C26H28ClN5O3. The molecule has 9 heteroatoms. The summed E-state index contributed by atoms with van der Waals surface area (Å²) < 4.78 is 7.39. The number of hydrogen-bond acceptors (Lipinski definition) is 6. The van der Waals surface area contributed by atoms with E-state index < -0.39 is 5.97 Å². The van der Waals surface area contributed by atoms with E-state index in [1.165, 1.54) is 49.2 Å². The molecule has 0 saturated heterocycles. The first-order valence-corrected chi connectivity index (χ1v) is 11.7. The van der Waals surface area contributed by atoms with E-state index in [0.717, 1.165) is 11.9 Å². The van der Waals surface area contributed by atoms with E-state index in [1.807, 2.05) is 30.3 Å². The normalized spacial score (nSPS) is 13.9. The molecule has 182 valence electrons. The average molecular weight is 494 g/mol. The van der Waals surface area contributed by atoms with E-state index in [9.17, 15) is 9.90 Å². The molecule has 2 N–H and O–H groups in total. The van der Waals surface area contributed by atoms with Crippen LogP contribution in [0.1, 0.15) is 49.9 Å². The minimum atomic E-state index is -1.05. The summed E-state index contributed by atoms with van der Waals surface area (Å²) >= 11 is 5.98. The van der Waals surface area contributed by atoms with E-state index in [1.54, 1.807) is 12.1 Å². The van der Waals surface area contributed by atoms with Crippen molar-refractivity contribution >= 4 is 34.3 Å². The van der Waals surface area contributed by atoms with Crippen molar-refractivity contribution in [1.82, 2.24) is 19.7 Å². The van der Waals surface area contributed by atoms with Gasteiger partial charge in [-0.2, -0.15) is 10.1 Å². The van der Waals surface area contributed by atoms with Crippen LogP contribution in [0.4, 0.5) is 5.82 Å². The van der Waals surface area contributed by atoms with Gasteiger partial charge in [-0.25, -0.2) is 14.5 Å². The van der Waals surface area contributed by atoms with Crippen LogP contribution in [0.3, 0.4) is 0 Å². The van der Waals surface area contributed by atoms with E-state index in [2.05, 4.69) is 15.4 Å². The summed E-state index contributed by atoms with van der Waals surface area (Å²) in [5, 5.41) is 18.3. The lowest BCUT2D eigenvalue weighted by Crippen LogP contribution is -2.18. The molecule has 1 aliphatic carbocycles. The van der Waals surface area contributed by atoms with Gasteiger partial charge in [0, 0.05) is 23.2 Å². The summed E-state index contributed by atoms with van der Waals surface area (Å²) in [5.41, 5.74) is 0.777. The summed E-state index contributed by atoms with van der Waals surface area (Å²) in [6.45, 7) is 0.813. The summed E-state index contributed by atoms with van der Waals surface area (Å²) in [6, 6.07) is 12.8. The van der Waals surface area contributed by atoms with E-state index in [0.29, 0.717) is 39.7 Å². The van der Waals surface area contributed by atoms with Crippen molar-refractivity contribution in [3.8, 4) is 17.4 Å². The maximum atomic E-state index is 11.3. The number of rotatable bonds is 7. The Bertz CT molecular complexity index is 1320. The Morgan fingerprint density at radius 2 is 1.83 bits per heavy atom. The van der Waals surface area contributed by atoms with Crippen LogP contribution in [0.25, 0.3) is 16.9 Å². The third-order valence-corrected chi connectivity index (χ3v) is 6.27. The second kappa shape index (κ2) is 10.7. The van der Waals surface area contributed by atoms with Crippen molar-refractivity contribution in [1.29, 1.82) is 0 Å². The molecule has 35 heavy (non-hydrogen) atoms. The van der Waals surface area contributed by atoms with Crippen molar-refractivity contribution in [3.63, 3.8) is 0 Å². The third kappa shape index (κ3) is 5.71. The predicted molar refractivity (Wildman–Crippen MR) is 137 cm³/mol. The average Bonchev–Trinajstić information content (AvgIpc) is 3.35. The highest BCUT2D eigenvalue weighted by atomic mass is 35.5. The molecule has 0 aliphatic heterocycles. The van der Waals surface area contributed by atoms with Crippen LogP contribution in [0.15, 0.2) is 54.9 Å². The summed E-state index contributed by atoms with van der Waals surface area (Å²) in [4.78, 5) is 20.6. The summed E-state index contributed by atoms with van der Waals surface area (Å²) in [7, 11) is 0. The fourth-order valence-corrected chi connectivity index (χ4v) is 4.34. The van der Waals surface area contributed by atoms with Gasteiger partial charge in [0.2, 0.25) is 0 Å². The Kier molecular flexibility index (Phi) is 7.51. The zero-order valence-corrected chi connectivity index (χ0v) is 19.2. The largest absolute Gasteiger partial charge is 0.478 e. The number of ether oxygens (including phenoxy) is 1. The molecule has 1 aliphatic rings. The van der Waals surface area contributed by atoms with Gasteiger partial charge in [-0.1, -0.05) is 38.3 Å². The molecule has 4 aromatic rings. The van der Waals surface area contributed by atoms with Crippen molar-refractivity contribution in [2.75, 3.05) is 11.9 Å². The zero-order chi connectivity index (χ0) is 23.5. The van der Waals surface area contributed by atoms with Crippen LogP contribution < -0.4 is 10.1 Å². The van der Waals surface area contributed by atoms with Crippen molar-refractivity contribution < 1.29 is 14.6 Å². The van der Waals surface area contributed by atoms with Crippen LogP contribution in [-0.2, 0) is 0 Å². The Hall–Kier alpha value is -3.65. The van der Waals surface area contributed by atoms with Crippen LogP contribution in [0, 0.1) is 5.92 Å². The van der Waals surface area contributed by atoms with Gasteiger partial charge in [-0.3, -0.25) is 0 Å². The van der Waals surface area contributed by atoms with Gasteiger partial charge in [0.15, 0.2) is 0 Å². The summed E-state index contributed by atoms with van der Waals surface area (Å²) in [5.74, 6) is 1.85. The zero-order valence-electron chi connectivity index (χ0n) is 18.4. The number of carboxylic acids is 1. The lowest BCUT2D eigenvalue weighted by molar-refractivity contribution is 0.0697. The molecular weight excluding hydrogens is 466 g/mol. The molecule has 0 unspecified atom stereocenters. The smallest absolute Gasteiger partial charge is 0.338 e. The molecule has 1 fully saturated rings. The van der Waals surface area contributed by atoms with E-state index in [4.69, 9.17) is 21.3 Å². The summed E-state index contributed by atoms with van der Waals surface area (Å²) in [6.07, 6.45) is 8.91. The second-order valence-corrected chi connectivity index (χ2v) is 8.91. The molecule has 2 aromatic carbocycles. The van der Waals surface area contributed by atoms with Crippen LogP contribution in [-0.4, -0.2) is 37.4 Å². The molecule has 0 spiro atoms. The first-order chi connectivity index (χ1) is 16.5. The predicted octanol–water partition coefficient (Wildman–Crippen LogP) is 6.59. The second-order valence-electron chi connectivity index (χ2n) is 8.47. The topological polar surface area (TPSA) is 102 Å². The van der Waals surface area contributed by atoms with Crippen molar-refractivity contribution in [3.05, 3.63) is 65.4 Å². The fraction of sp³-hybridized carbons (Fsp3) is 0.308. The monoisotopic (exact) mass is 493 g/mol. The molecule has 0 atom stereocenters. The number of carboxylic acid groups (broad SMARTS) is 1. The van der Waals surface area contributed by atoms with Gasteiger partial charge in [0.05, 0.1) is 17.3 Å². The quantitative estimate of drug-likeness (QED) is 0.299. The van der Waals surface area contributed by atoms with E-state index >= 15 is 0 Å². The Morgan fingerprint density at radius 1 is 1.09 bits per heavy atom. The lowest BCUT2D eigenvalue weighted by atomic mass is 9.89. The minimum Gasteiger partial charge on any atom is -0.478 e. The number of nitrogens with one attached hydrogen (secondary N) is 1. The maximum absolute atomic E-state index is 11.3. The van der Waals surface area contributed by atoms with Gasteiger partial charge in [-0.15, -0.1) is 0 Å². The maximum Gasteiger partial charge on any atom is 0.338 e. The van der Waals surface area contributed by atoms with Gasteiger partial charge >= 0.3 is 5.97 Å². The number of aromatic carboxylic acids is 1. The lowest BCUT2D eigenvalue weighted by Gasteiger charge is -2.22. The molecule has 1 saturated carbocycles. The van der Waals surface area contributed by atoms with Gasteiger partial charge < -0.3 is 15.2 Å². The van der Waals surface area contributed by atoms with Crippen molar-refractivity contribution in [2.24, 2.45) is 5.92 Å². The van der Waals surface area contributed by atoms with Gasteiger partial charge in [0.25, 0.3) is 5.95 Å². The molecule has 2 heterocycles. The number of halogens is 1. The molecule has 0 radical (unpaired) electrons. The highest BCUT2D eigenvalue weighted by Gasteiger charge is 2.17. The molecule has 0 bridgehead atoms. The number of anilines is 1. The number of hydrogen-bond donors (Lipinski definition) is 2. The number of aromatic nitrogens is 4. The highest BCUT2D eigenvalue weighted by molar-refractivity contribution is 6.30. The first kappa shape index (κ1) is 24.5. The first-order valence-electron chi connectivity index (χ1n) is 11.3. The van der Waals surface area contributed by atoms with Gasteiger partial charge in [-0.05, 0) is 61.2 Å². The van der Waals surface area contributed by atoms with Crippen molar-refractivity contribution in [2.45, 2.75) is 39.5 Å². The number of fused-ring (bicyclic) bond motifs is 1. The Morgan fingerprint density at radius 3 is 2.54 bits per heavy atom. The third-order valence-electron chi connectivity index (χ3n) is 6.02. The number of carbonyl (C=O) groups is 1. The molecule has 0 amide bonds. The fourth-order valence-electron chi connectivity index (χ4n) is 4.21. The Labute approximate surface area is 208 Å². The molecule has 8 nitrogen and oxygen atoms in total. The Balaban J connectivity index is 0.00000289. The van der Waals surface area contributed by atoms with Gasteiger partial charge in [0.1, 0.15) is 17.3 Å². The molecule has 5 rings (SSSR count). The van der Waals surface area contributed by atoms with E-state index in [-0.39, 0.29) is 13.0 Å². The minimum absolute atomic E-state index is 0. The number of nitrogens with zero attached hydrogens (tertiary/aromatic N) is 4. The molecule has 2 aromatic heterocycles. The standard InChI is InChI=1S/C25H24ClN5O3.CH4/c26-18-6-8-19(9-7-18)34-20-10-11-22-21(12-20)23(27-13-16-4-2-1-3-5-16)30-25(29-22)31-15-17(14-28-31)24(32)33;/h6-12,14-16H,1-5,13H2,(H,32,33)(H,27,29,30);1H4. The number of benzene rings is 2. The SMILES string of the molecule is C.O=C(O)c1cnn(-c2nc(NCC3CCCCC3)c3cc(Oc4ccc(Cl)cc4)ccc3n2)c1. The van der Waals surface area contributed by atoms with Crippen LogP contribution >= 0.6 is 11.6 Å². The van der Waals surface area contributed by atoms with Crippen LogP contribution in [0.2, 0.25) is 5.02 Å². The van der Waals surface area contributed by atoms with Crippen LogP contribution in [0.5, 0.6) is 11.5 Å². The highest BCUT2D eigenvalue weighted by Crippen LogP contribution is 2.31.